The van der Waals surface area contributed by atoms with Crippen LogP contribution in [-0.2, 0) is 5.75 Å². The summed E-state index contributed by atoms with van der Waals surface area (Å²) in [5, 5.41) is 3.96. The maximum Gasteiger partial charge on any atom is 0.138 e. The van der Waals surface area contributed by atoms with Gasteiger partial charge in [-0.2, -0.15) is 0 Å². The van der Waals surface area contributed by atoms with Gasteiger partial charge in [-0.25, -0.2) is 0 Å². The van der Waals surface area contributed by atoms with Crippen molar-refractivity contribution in [3.05, 3.63) is 34.3 Å². The topological polar surface area (TPSA) is 35.0 Å². The highest BCUT2D eigenvalue weighted by atomic mass is 35.5. The smallest absolute Gasteiger partial charge is 0.138 e. The Morgan fingerprint density at radius 3 is 3.06 bits per heavy atom. The minimum absolute atomic E-state index is 0.662. The zero-order chi connectivity index (χ0) is 11.4. The summed E-state index contributed by atoms with van der Waals surface area (Å²) in [7, 11) is 1.66. The Balaban J connectivity index is 2.02. The molecule has 0 saturated carbocycles. The van der Waals surface area contributed by atoms with E-state index in [0.29, 0.717) is 4.34 Å². The lowest BCUT2D eigenvalue weighted by Crippen LogP contribution is -1.84. The zero-order valence-electron chi connectivity index (χ0n) is 8.51. The molecule has 0 atom stereocenters. The Bertz CT molecular complexity index is 475. The standard InChI is InChI=1S/C10H9ClN2OS2/c1-14-7-3-2-4-8(5-7)15-6-9-10(11)16-13-12-9/h2-5H,6H2,1H3. The molecular formula is C10H9ClN2OS2. The van der Waals surface area contributed by atoms with E-state index in [-0.39, 0.29) is 0 Å². The number of rotatable bonds is 4. The molecule has 2 rings (SSSR count). The number of ether oxygens (including phenoxy) is 1. The molecule has 1 aromatic carbocycles. The first-order chi connectivity index (χ1) is 7.79. The van der Waals surface area contributed by atoms with Crippen molar-refractivity contribution in [3.63, 3.8) is 0 Å². The van der Waals surface area contributed by atoms with Crippen LogP contribution in [0.1, 0.15) is 5.69 Å². The Morgan fingerprint density at radius 2 is 2.38 bits per heavy atom. The number of nitrogens with zero attached hydrogens (tertiary/aromatic N) is 2. The lowest BCUT2D eigenvalue weighted by molar-refractivity contribution is 0.413. The molecule has 3 nitrogen and oxygen atoms in total. The van der Waals surface area contributed by atoms with Gasteiger partial charge in [0.05, 0.1) is 7.11 Å². The fraction of sp³-hybridized carbons (Fsp3) is 0.200. The van der Waals surface area contributed by atoms with E-state index in [9.17, 15) is 0 Å². The predicted octanol–water partition coefficient (Wildman–Crippen LogP) is 3.49. The summed E-state index contributed by atoms with van der Waals surface area (Å²) in [6, 6.07) is 7.89. The van der Waals surface area contributed by atoms with Crippen molar-refractivity contribution < 1.29 is 4.74 Å². The molecule has 0 radical (unpaired) electrons. The number of hydrogen-bond acceptors (Lipinski definition) is 5. The number of methoxy groups -OCH3 is 1. The molecule has 0 aliphatic heterocycles. The van der Waals surface area contributed by atoms with Crippen LogP contribution in [0.15, 0.2) is 29.2 Å². The van der Waals surface area contributed by atoms with Crippen molar-refractivity contribution in [2.45, 2.75) is 10.6 Å². The van der Waals surface area contributed by atoms with Gasteiger partial charge >= 0.3 is 0 Å². The van der Waals surface area contributed by atoms with Gasteiger partial charge in [-0.3, -0.25) is 0 Å². The quantitative estimate of drug-likeness (QED) is 0.798. The largest absolute Gasteiger partial charge is 0.497 e. The van der Waals surface area contributed by atoms with E-state index in [1.54, 1.807) is 18.9 Å². The van der Waals surface area contributed by atoms with Crippen LogP contribution in [0.5, 0.6) is 5.75 Å². The first-order valence-electron chi connectivity index (χ1n) is 4.53. The molecule has 0 aliphatic carbocycles. The van der Waals surface area contributed by atoms with Gasteiger partial charge in [0, 0.05) is 22.2 Å². The van der Waals surface area contributed by atoms with Crippen molar-refractivity contribution in [1.29, 1.82) is 0 Å². The molecule has 0 saturated heterocycles. The van der Waals surface area contributed by atoms with E-state index in [2.05, 4.69) is 9.59 Å². The lowest BCUT2D eigenvalue weighted by Gasteiger charge is -2.02. The minimum atomic E-state index is 0.662. The first-order valence-corrected chi connectivity index (χ1v) is 6.67. The molecule has 84 valence electrons. The van der Waals surface area contributed by atoms with Crippen molar-refractivity contribution >= 4 is 34.9 Å². The SMILES string of the molecule is COc1cccc(SCc2nnsc2Cl)c1. The van der Waals surface area contributed by atoms with E-state index < -0.39 is 0 Å². The van der Waals surface area contributed by atoms with Gasteiger partial charge in [-0.15, -0.1) is 16.9 Å². The van der Waals surface area contributed by atoms with Gasteiger partial charge in [0.25, 0.3) is 0 Å². The Morgan fingerprint density at radius 1 is 1.50 bits per heavy atom. The molecule has 0 N–H and O–H groups in total. The number of thioether (sulfide) groups is 1. The summed E-state index contributed by atoms with van der Waals surface area (Å²) in [6.45, 7) is 0. The van der Waals surface area contributed by atoms with Crippen LogP contribution < -0.4 is 4.74 Å². The first kappa shape index (κ1) is 11.7. The summed E-state index contributed by atoms with van der Waals surface area (Å²) < 4.78 is 9.60. The normalized spacial score (nSPS) is 10.4. The molecule has 1 heterocycles. The maximum absolute atomic E-state index is 5.92. The molecule has 0 fully saturated rings. The lowest BCUT2D eigenvalue weighted by atomic mass is 10.3. The van der Waals surface area contributed by atoms with E-state index in [4.69, 9.17) is 16.3 Å². The van der Waals surface area contributed by atoms with Crippen LogP contribution in [0.4, 0.5) is 0 Å². The number of halogens is 1. The van der Waals surface area contributed by atoms with E-state index in [1.165, 1.54) is 11.5 Å². The fourth-order valence-electron chi connectivity index (χ4n) is 1.13. The highest BCUT2D eigenvalue weighted by Crippen LogP contribution is 2.28. The van der Waals surface area contributed by atoms with Gasteiger partial charge < -0.3 is 4.74 Å². The van der Waals surface area contributed by atoms with Gasteiger partial charge in [0.1, 0.15) is 15.8 Å². The van der Waals surface area contributed by atoms with Crippen LogP contribution >= 0.6 is 34.9 Å². The molecule has 0 amide bonds. The van der Waals surface area contributed by atoms with Crippen LogP contribution in [0.2, 0.25) is 4.34 Å². The molecule has 6 heteroatoms. The summed E-state index contributed by atoms with van der Waals surface area (Å²) in [4.78, 5) is 1.13. The number of aromatic nitrogens is 2. The predicted molar refractivity (Wildman–Crippen MR) is 67.5 cm³/mol. The molecule has 1 aromatic heterocycles. The summed E-state index contributed by atoms with van der Waals surface area (Å²) in [5.41, 5.74) is 0.833. The minimum Gasteiger partial charge on any atom is -0.497 e. The van der Waals surface area contributed by atoms with Crippen LogP contribution in [-0.4, -0.2) is 16.7 Å². The van der Waals surface area contributed by atoms with Crippen LogP contribution in [0, 0.1) is 0 Å². The van der Waals surface area contributed by atoms with Gasteiger partial charge in [0.15, 0.2) is 0 Å². The Hall–Kier alpha value is -0.780. The average Bonchev–Trinajstić information content (AvgIpc) is 2.72. The van der Waals surface area contributed by atoms with Gasteiger partial charge in [0.2, 0.25) is 0 Å². The highest BCUT2D eigenvalue weighted by molar-refractivity contribution is 7.98. The van der Waals surface area contributed by atoms with E-state index in [0.717, 1.165) is 22.1 Å². The van der Waals surface area contributed by atoms with Crippen LogP contribution in [0.25, 0.3) is 0 Å². The van der Waals surface area contributed by atoms with E-state index >= 15 is 0 Å². The van der Waals surface area contributed by atoms with Crippen molar-refractivity contribution in [3.8, 4) is 5.75 Å². The van der Waals surface area contributed by atoms with E-state index in [1.807, 2.05) is 24.3 Å². The molecule has 16 heavy (non-hydrogen) atoms. The Labute approximate surface area is 107 Å². The summed E-state index contributed by atoms with van der Waals surface area (Å²) in [6.07, 6.45) is 0. The Kier molecular flexibility index (Phi) is 4.04. The third-order valence-corrected chi connectivity index (χ3v) is 3.92. The summed E-state index contributed by atoms with van der Waals surface area (Å²) >= 11 is 8.80. The number of hydrogen-bond donors (Lipinski definition) is 0. The summed E-state index contributed by atoms with van der Waals surface area (Å²) in [5.74, 6) is 1.58. The van der Waals surface area contributed by atoms with Gasteiger partial charge in [-0.1, -0.05) is 22.2 Å². The third-order valence-electron chi connectivity index (χ3n) is 1.93. The number of benzene rings is 1. The van der Waals surface area contributed by atoms with Crippen molar-refractivity contribution in [2.24, 2.45) is 0 Å². The second kappa shape index (κ2) is 5.52. The average molecular weight is 273 g/mol. The fourth-order valence-corrected chi connectivity index (χ4v) is 2.80. The zero-order valence-corrected chi connectivity index (χ0v) is 10.9. The molecule has 0 aliphatic rings. The maximum atomic E-state index is 5.92. The highest BCUT2D eigenvalue weighted by Gasteiger charge is 2.06. The van der Waals surface area contributed by atoms with Crippen LogP contribution in [0.3, 0.4) is 0 Å². The van der Waals surface area contributed by atoms with Crippen molar-refractivity contribution in [2.75, 3.05) is 7.11 Å². The molecule has 0 unspecified atom stereocenters. The monoisotopic (exact) mass is 272 g/mol. The second-order valence-electron chi connectivity index (χ2n) is 2.96. The van der Waals surface area contributed by atoms with Crippen molar-refractivity contribution in [1.82, 2.24) is 9.59 Å². The molecular weight excluding hydrogens is 264 g/mol. The third kappa shape index (κ3) is 2.87. The molecule has 2 aromatic rings. The molecule has 0 spiro atoms. The second-order valence-corrected chi connectivity index (χ2v) is 5.37. The van der Waals surface area contributed by atoms with Gasteiger partial charge in [-0.05, 0) is 18.2 Å². The molecule has 0 bridgehead atoms.